The third kappa shape index (κ3) is 4.25. The summed E-state index contributed by atoms with van der Waals surface area (Å²) in [6, 6.07) is 6.81. The van der Waals surface area contributed by atoms with E-state index in [0.717, 1.165) is 10.4 Å². The average Bonchev–Trinajstić information content (AvgIpc) is 2.94. The number of ether oxygens (including phenoxy) is 2. The van der Waals surface area contributed by atoms with E-state index in [1.165, 1.54) is 11.3 Å². The van der Waals surface area contributed by atoms with Crippen molar-refractivity contribution in [3.63, 3.8) is 0 Å². The largest absolute Gasteiger partial charge is 0.493 e. The molecule has 0 bridgehead atoms. The molecule has 7 heteroatoms. The van der Waals surface area contributed by atoms with Crippen LogP contribution in [-0.4, -0.2) is 22.5 Å². The molecule has 0 aliphatic rings. The van der Waals surface area contributed by atoms with E-state index in [-0.39, 0.29) is 5.56 Å². The molecule has 3 rings (SSSR count). The first kappa shape index (κ1) is 20.1. The number of nitrogens with zero attached hydrogens (tertiary/aromatic N) is 1. The van der Waals surface area contributed by atoms with Gasteiger partial charge in [-0.2, -0.15) is 0 Å². The molecule has 1 N–H and O–H groups in total. The minimum atomic E-state index is -0.677. The van der Waals surface area contributed by atoms with E-state index >= 15 is 0 Å². The number of H-pyrrole nitrogens is 1. The molecule has 0 aliphatic carbocycles. The van der Waals surface area contributed by atoms with Crippen LogP contribution in [0.4, 0.5) is 0 Å². The van der Waals surface area contributed by atoms with Crippen LogP contribution >= 0.6 is 11.3 Å². The van der Waals surface area contributed by atoms with Gasteiger partial charge in [0.15, 0.2) is 11.9 Å². The predicted octanol–water partition coefficient (Wildman–Crippen LogP) is 4.55. The fourth-order valence-electron chi connectivity index (χ4n) is 2.70. The van der Waals surface area contributed by atoms with Gasteiger partial charge in [0, 0.05) is 4.88 Å². The van der Waals surface area contributed by atoms with Crippen LogP contribution in [-0.2, 0) is 4.74 Å². The van der Waals surface area contributed by atoms with Crippen molar-refractivity contribution in [3.05, 3.63) is 56.4 Å². The number of thiophene rings is 1. The summed E-state index contributed by atoms with van der Waals surface area (Å²) < 4.78 is 11.1. The second-order valence-corrected chi connectivity index (χ2v) is 8.39. The molecule has 6 nitrogen and oxygen atoms in total. The van der Waals surface area contributed by atoms with Crippen LogP contribution in [0.5, 0.6) is 5.75 Å². The highest BCUT2D eigenvalue weighted by Crippen LogP contribution is 2.27. The highest BCUT2D eigenvalue weighted by atomic mass is 32.1. The Bertz CT molecular complexity index is 1050. The van der Waals surface area contributed by atoms with Crippen LogP contribution in [0.1, 0.15) is 53.5 Å². The number of fused-ring (bicyclic) bond motifs is 1. The number of aromatic nitrogens is 2. The van der Waals surface area contributed by atoms with Gasteiger partial charge in [-0.15, -0.1) is 11.3 Å². The molecular weight excluding hydrogens is 376 g/mol. The molecule has 0 radical (unpaired) electrons. The second-order valence-electron chi connectivity index (χ2n) is 7.19. The molecule has 0 spiro atoms. The van der Waals surface area contributed by atoms with Gasteiger partial charge in [-0.25, -0.2) is 9.78 Å². The van der Waals surface area contributed by atoms with E-state index in [9.17, 15) is 9.59 Å². The lowest BCUT2D eigenvalue weighted by Crippen LogP contribution is -2.17. The van der Waals surface area contributed by atoms with E-state index in [1.54, 1.807) is 31.2 Å². The first-order chi connectivity index (χ1) is 13.3. The van der Waals surface area contributed by atoms with E-state index in [0.29, 0.717) is 39.9 Å². The van der Waals surface area contributed by atoms with Gasteiger partial charge < -0.3 is 14.5 Å². The second kappa shape index (κ2) is 8.14. The zero-order valence-corrected chi connectivity index (χ0v) is 17.5. The lowest BCUT2D eigenvalue weighted by Gasteiger charge is -2.13. The smallest absolute Gasteiger partial charge is 0.338 e. The maximum absolute atomic E-state index is 12.4. The molecule has 0 saturated carbocycles. The fraction of sp³-hybridized carbons (Fsp3) is 0.381. The van der Waals surface area contributed by atoms with Crippen LogP contribution in [0.2, 0.25) is 0 Å². The highest BCUT2D eigenvalue weighted by molar-refractivity contribution is 7.18. The Labute approximate surface area is 167 Å². The molecule has 0 saturated heterocycles. The number of rotatable bonds is 6. The quantitative estimate of drug-likeness (QED) is 0.614. The number of hydrogen-bond acceptors (Lipinski definition) is 6. The topological polar surface area (TPSA) is 81.3 Å². The fourth-order valence-corrected chi connectivity index (χ4v) is 3.74. The molecule has 28 heavy (non-hydrogen) atoms. The molecule has 0 amide bonds. The Morgan fingerprint density at radius 2 is 1.86 bits per heavy atom. The van der Waals surface area contributed by atoms with Gasteiger partial charge >= 0.3 is 5.97 Å². The lowest BCUT2D eigenvalue weighted by atomic mass is 10.2. The van der Waals surface area contributed by atoms with Crippen LogP contribution < -0.4 is 10.3 Å². The predicted molar refractivity (Wildman–Crippen MR) is 110 cm³/mol. The number of benzene rings is 1. The molecule has 0 aliphatic heterocycles. The van der Waals surface area contributed by atoms with Gasteiger partial charge in [0.05, 0.1) is 17.6 Å². The van der Waals surface area contributed by atoms with Crippen LogP contribution in [0.25, 0.3) is 10.2 Å². The minimum absolute atomic E-state index is 0.212. The van der Waals surface area contributed by atoms with Gasteiger partial charge in [-0.05, 0) is 56.5 Å². The van der Waals surface area contributed by atoms with E-state index < -0.39 is 12.1 Å². The van der Waals surface area contributed by atoms with Crippen molar-refractivity contribution < 1.29 is 14.3 Å². The Morgan fingerprint density at radius 3 is 2.50 bits per heavy atom. The maximum atomic E-state index is 12.4. The van der Waals surface area contributed by atoms with E-state index in [4.69, 9.17) is 9.47 Å². The first-order valence-corrected chi connectivity index (χ1v) is 10.0. The summed E-state index contributed by atoms with van der Waals surface area (Å²) in [6.07, 6.45) is -0.677. The summed E-state index contributed by atoms with van der Waals surface area (Å²) in [7, 11) is 0. The molecule has 1 aromatic carbocycles. The zero-order chi connectivity index (χ0) is 20.4. The lowest BCUT2D eigenvalue weighted by molar-refractivity contribution is 0.0320. The van der Waals surface area contributed by atoms with Crippen molar-refractivity contribution in [2.75, 3.05) is 6.61 Å². The van der Waals surface area contributed by atoms with Gasteiger partial charge in [-0.3, -0.25) is 4.79 Å². The van der Waals surface area contributed by atoms with Gasteiger partial charge in [0.25, 0.3) is 5.56 Å². The summed E-state index contributed by atoms with van der Waals surface area (Å²) in [6.45, 7) is 10.3. The average molecular weight is 401 g/mol. The van der Waals surface area contributed by atoms with E-state index in [2.05, 4.69) is 23.8 Å². The van der Waals surface area contributed by atoms with Gasteiger partial charge in [-0.1, -0.05) is 13.8 Å². The SMILES string of the molecule is Cc1sc2nc(C(C)OC(=O)c3ccc(OCC(C)C)cc3)[nH]c(=O)c2c1C. The normalized spacial score (nSPS) is 12.4. The Morgan fingerprint density at radius 1 is 1.18 bits per heavy atom. The summed E-state index contributed by atoms with van der Waals surface area (Å²) in [5.41, 5.74) is 1.14. The summed E-state index contributed by atoms with van der Waals surface area (Å²) in [5, 5.41) is 0.599. The Kier molecular flexibility index (Phi) is 5.84. The molecule has 0 fully saturated rings. The molecule has 148 valence electrons. The highest BCUT2D eigenvalue weighted by Gasteiger charge is 2.19. The van der Waals surface area contributed by atoms with Crippen molar-refractivity contribution in [2.24, 2.45) is 5.92 Å². The first-order valence-electron chi connectivity index (χ1n) is 9.20. The zero-order valence-electron chi connectivity index (χ0n) is 16.7. The number of aromatic amines is 1. The van der Waals surface area contributed by atoms with Crippen LogP contribution in [0, 0.1) is 19.8 Å². The summed E-state index contributed by atoms with van der Waals surface area (Å²) in [4.78, 5) is 33.8. The van der Waals surface area contributed by atoms with Crippen LogP contribution in [0.15, 0.2) is 29.1 Å². The molecule has 2 aromatic heterocycles. The van der Waals surface area contributed by atoms with Gasteiger partial charge in [0.1, 0.15) is 10.6 Å². The molecule has 1 unspecified atom stereocenters. The third-order valence-corrected chi connectivity index (χ3v) is 5.50. The van der Waals surface area contributed by atoms with Crippen molar-refractivity contribution >= 4 is 27.5 Å². The Hall–Kier alpha value is -2.67. The number of esters is 1. The maximum Gasteiger partial charge on any atom is 0.338 e. The van der Waals surface area contributed by atoms with Gasteiger partial charge in [0.2, 0.25) is 0 Å². The molecular formula is C21H24N2O4S. The molecule has 1 atom stereocenters. The number of aryl methyl sites for hydroxylation is 2. The van der Waals surface area contributed by atoms with Crippen molar-refractivity contribution in [2.45, 2.75) is 40.7 Å². The van der Waals surface area contributed by atoms with Crippen molar-refractivity contribution in [1.29, 1.82) is 0 Å². The molecule has 3 aromatic rings. The summed E-state index contributed by atoms with van der Waals surface area (Å²) >= 11 is 1.46. The van der Waals surface area contributed by atoms with E-state index in [1.807, 2.05) is 13.8 Å². The number of nitrogens with one attached hydrogen (secondary N) is 1. The number of hydrogen-bond donors (Lipinski definition) is 1. The monoisotopic (exact) mass is 400 g/mol. The van der Waals surface area contributed by atoms with Crippen LogP contribution in [0.3, 0.4) is 0 Å². The number of carbonyl (C=O) groups is 1. The van der Waals surface area contributed by atoms with Crippen molar-refractivity contribution in [1.82, 2.24) is 9.97 Å². The third-order valence-electron chi connectivity index (χ3n) is 4.40. The Balaban J connectivity index is 1.73. The minimum Gasteiger partial charge on any atom is -0.493 e. The molecule has 2 heterocycles. The van der Waals surface area contributed by atoms with Crippen molar-refractivity contribution in [3.8, 4) is 5.75 Å². The summed E-state index contributed by atoms with van der Waals surface area (Å²) in [5.74, 6) is 0.986. The standard InChI is InChI=1S/C21H24N2O4S/c1-11(2)10-26-16-8-6-15(7-9-16)21(25)27-13(4)18-22-19(24)17-12(3)14(5)28-20(17)23-18/h6-9,11,13H,10H2,1-5H3,(H,22,23,24). The number of carbonyl (C=O) groups excluding carboxylic acids is 1.